The first kappa shape index (κ1) is 34.9. The molecule has 0 bridgehead atoms. The molecule has 0 aliphatic heterocycles. The Morgan fingerprint density at radius 2 is 1.14 bits per heavy atom. The van der Waals surface area contributed by atoms with Crippen molar-refractivity contribution in [1.29, 1.82) is 0 Å². The smallest absolute Gasteiger partial charge is 0.461 e. The summed E-state index contributed by atoms with van der Waals surface area (Å²) in [7, 11) is 0. The van der Waals surface area contributed by atoms with Gasteiger partial charge in [0.05, 0.1) is 19.8 Å². The molecular formula is C15H11F17O5. The van der Waals surface area contributed by atoms with Gasteiger partial charge in [-0.15, -0.1) is 6.58 Å². The van der Waals surface area contributed by atoms with E-state index in [2.05, 4.69) is 16.1 Å². The van der Waals surface area contributed by atoms with Crippen LogP contribution in [0.2, 0.25) is 0 Å². The average Bonchev–Trinajstić information content (AvgIpc) is 2.66. The Morgan fingerprint density at radius 3 is 1.51 bits per heavy atom. The first-order chi connectivity index (χ1) is 16.1. The zero-order chi connectivity index (χ0) is 29.9. The quantitative estimate of drug-likeness (QED) is 0.114. The van der Waals surface area contributed by atoms with E-state index in [1.54, 1.807) is 0 Å². The number of ether oxygens (including phenoxy) is 4. The molecule has 37 heavy (non-hydrogen) atoms. The topological polar surface area (TPSA) is 54.0 Å². The molecule has 0 aliphatic rings. The first-order valence-electron chi connectivity index (χ1n) is 8.62. The van der Waals surface area contributed by atoms with Gasteiger partial charge in [-0.1, -0.05) is 6.08 Å². The van der Waals surface area contributed by atoms with Crippen molar-refractivity contribution >= 4 is 5.97 Å². The fraction of sp³-hybridized carbons (Fsp3) is 0.800. The molecule has 0 aliphatic carbocycles. The van der Waals surface area contributed by atoms with E-state index < -0.39 is 74.0 Å². The van der Waals surface area contributed by atoms with E-state index in [0.29, 0.717) is 0 Å². The summed E-state index contributed by atoms with van der Waals surface area (Å²) in [6.07, 6.45) is -38.2. The molecule has 0 heterocycles. The van der Waals surface area contributed by atoms with Gasteiger partial charge in [-0.05, 0) is 0 Å². The van der Waals surface area contributed by atoms with Crippen LogP contribution in [0.15, 0.2) is 12.7 Å². The third-order valence-corrected chi connectivity index (χ3v) is 3.53. The molecule has 0 rings (SSSR count). The highest BCUT2D eigenvalue weighted by molar-refractivity contribution is 5.78. The highest BCUT2D eigenvalue weighted by Gasteiger charge is 2.85. The van der Waals surface area contributed by atoms with Gasteiger partial charge >= 0.3 is 54.3 Å². The van der Waals surface area contributed by atoms with Gasteiger partial charge in [0.15, 0.2) is 0 Å². The molecule has 0 fully saturated rings. The Labute approximate surface area is 193 Å². The van der Waals surface area contributed by atoms with Crippen LogP contribution < -0.4 is 0 Å². The molecule has 220 valence electrons. The molecule has 0 aromatic rings. The Morgan fingerprint density at radius 1 is 0.649 bits per heavy atom. The van der Waals surface area contributed by atoms with Gasteiger partial charge in [0.1, 0.15) is 0 Å². The standard InChI is InChI=1S/C15H11F17O5/c1-2-4-34-5-3-6-35-7(33)8(16,11(20,21)22)36-15(31,32)10(19,13(26,27)28)37-14(29,30)9(17,18)12(23,24)25/h2H,1,3-6H2. The molecule has 0 radical (unpaired) electrons. The summed E-state index contributed by atoms with van der Waals surface area (Å²) < 4.78 is 232. The summed E-state index contributed by atoms with van der Waals surface area (Å²) in [6, 6.07) is 0. The van der Waals surface area contributed by atoms with Crippen LogP contribution in [0.5, 0.6) is 0 Å². The molecule has 0 aromatic carbocycles. The van der Waals surface area contributed by atoms with Crippen molar-refractivity contribution < 1.29 is 98.4 Å². The second kappa shape index (κ2) is 10.9. The highest BCUT2D eigenvalue weighted by atomic mass is 19.4. The molecular weight excluding hydrogens is 583 g/mol. The second-order valence-corrected chi connectivity index (χ2v) is 6.35. The molecule has 0 aromatic heterocycles. The van der Waals surface area contributed by atoms with Gasteiger partial charge in [-0.3, -0.25) is 9.47 Å². The van der Waals surface area contributed by atoms with Crippen molar-refractivity contribution in [2.45, 2.75) is 54.8 Å². The Bertz CT molecular complexity index is 789. The number of alkyl halides is 17. The van der Waals surface area contributed by atoms with Gasteiger partial charge in [0.2, 0.25) is 0 Å². The minimum atomic E-state index is -8.07. The Hall–Kier alpha value is -2.10. The van der Waals surface area contributed by atoms with Gasteiger partial charge in [-0.25, -0.2) is 4.79 Å². The van der Waals surface area contributed by atoms with E-state index >= 15 is 0 Å². The molecule has 5 nitrogen and oxygen atoms in total. The predicted molar refractivity (Wildman–Crippen MR) is 79.4 cm³/mol. The lowest BCUT2D eigenvalue weighted by atomic mass is 10.2. The molecule has 0 amide bonds. The normalized spacial score (nSPS) is 17.6. The minimum absolute atomic E-state index is 0.201. The molecule has 22 heteroatoms. The Kier molecular flexibility index (Phi) is 10.3. The summed E-state index contributed by atoms with van der Waals surface area (Å²) in [5.41, 5.74) is 0. The van der Waals surface area contributed by atoms with Crippen molar-refractivity contribution in [2.75, 3.05) is 19.8 Å². The zero-order valence-electron chi connectivity index (χ0n) is 17.1. The number of carbonyl (C=O) groups excluding carboxylic acids is 1. The van der Waals surface area contributed by atoms with E-state index in [1.807, 2.05) is 4.74 Å². The monoisotopic (exact) mass is 594 g/mol. The van der Waals surface area contributed by atoms with Crippen molar-refractivity contribution in [3.05, 3.63) is 12.7 Å². The van der Waals surface area contributed by atoms with Crippen molar-refractivity contribution in [2.24, 2.45) is 0 Å². The minimum Gasteiger partial charge on any atom is -0.461 e. The average molecular weight is 594 g/mol. The van der Waals surface area contributed by atoms with Crippen LogP contribution in [-0.4, -0.2) is 74.2 Å². The van der Waals surface area contributed by atoms with Crippen LogP contribution in [0.4, 0.5) is 74.6 Å². The fourth-order valence-corrected chi connectivity index (χ4v) is 1.73. The summed E-state index contributed by atoms with van der Waals surface area (Å²) in [5.74, 6) is -26.5. The number of carbonyl (C=O) groups is 1. The predicted octanol–water partition coefficient (Wildman–Crippen LogP) is 5.99. The zero-order valence-corrected chi connectivity index (χ0v) is 17.1. The summed E-state index contributed by atoms with van der Waals surface area (Å²) in [5, 5.41) is 0. The van der Waals surface area contributed by atoms with Gasteiger partial charge in [0, 0.05) is 6.42 Å². The van der Waals surface area contributed by atoms with Crippen molar-refractivity contribution in [3.63, 3.8) is 0 Å². The third-order valence-electron chi connectivity index (χ3n) is 3.53. The van der Waals surface area contributed by atoms with Gasteiger partial charge in [0.25, 0.3) is 0 Å². The largest absolute Gasteiger partial charge is 0.462 e. The lowest BCUT2D eigenvalue weighted by Crippen LogP contribution is -2.68. The van der Waals surface area contributed by atoms with E-state index in [0.717, 1.165) is 6.08 Å². The van der Waals surface area contributed by atoms with Crippen LogP contribution in [0.3, 0.4) is 0 Å². The summed E-state index contributed by atoms with van der Waals surface area (Å²) >= 11 is 0. The number of esters is 1. The van der Waals surface area contributed by atoms with Crippen LogP contribution in [-0.2, 0) is 23.7 Å². The van der Waals surface area contributed by atoms with E-state index in [-0.39, 0.29) is 6.61 Å². The first-order valence-corrected chi connectivity index (χ1v) is 8.62. The lowest BCUT2D eigenvalue weighted by molar-refractivity contribution is -0.548. The lowest BCUT2D eigenvalue weighted by Gasteiger charge is -2.39. The third kappa shape index (κ3) is 7.27. The van der Waals surface area contributed by atoms with Gasteiger partial charge < -0.3 is 9.47 Å². The summed E-state index contributed by atoms with van der Waals surface area (Å²) in [6.45, 7) is 1.07. The van der Waals surface area contributed by atoms with Crippen molar-refractivity contribution in [3.8, 4) is 0 Å². The van der Waals surface area contributed by atoms with Crippen LogP contribution in [0, 0.1) is 0 Å². The fourth-order valence-electron chi connectivity index (χ4n) is 1.73. The number of rotatable bonds is 13. The number of hydrogen-bond acceptors (Lipinski definition) is 5. The number of halogens is 17. The molecule has 0 saturated carbocycles. The van der Waals surface area contributed by atoms with Crippen LogP contribution in [0.1, 0.15) is 6.42 Å². The second-order valence-electron chi connectivity index (χ2n) is 6.35. The Balaban J connectivity index is 6.35. The maximum atomic E-state index is 14.1. The van der Waals surface area contributed by atoms with E-state index in [4.69, 9.17) is 0 Å². The maximum absolute atomic E-state index is 14.1. The molecule has 0 saturated heterocycles. The van der Waals surface area contributed by atoms with Crippen molar-refractivity contribution in [1.82, 2.24) is 0 Å². The van der Waals surface area contributed by atoms with E-state index in [9.17, 15) is 79.4 Å². The van der Waals surface area contributed by atoms with Crippen LogP contribution >= 0.6 is 0 Å². The van der Waals surface area contributed by atoms with E-state index in [1.165, 1.54) is 4.74 Å². The SMILES string of the molecule is C=CCOCCCOC(=O)C(F)(OC(F)(F)C(F)(OC(F)(F)C(F)(F)C(F)(F)F)C(F)(F)F)C(F)(F)F. The molecule has 2 atom stereocenters. The molecule has 0 N–H and O–H groups in total. The molecule has 2 unspecified atom stereocenters. The summed E-state index contributed by atoms with van der Waals surface area (Å²) in [4.78, 5) is 11.3. The van der Waals surface area contributed by atoms with Crippen LogP contribution in [0.25, 0.3) is 0 Å². The highest BCUT2D eigenvalue weighted by Crippen LogP contribution is 2.56. The maximum Gasteiger partial charge on any atom is 0.462 e. The molecule has 0 spiro atoms. The van der Waals surface area contributed by atoms with Gasteiger partial charge in [-0.2, -0.15) is 74.6 Å². The number of hydrogen-bond donors (Lipinski definition) is 0.